The number of aryl methyl sites for hydroxylation is 2. The van der Waals surface area contributed by atoms with Gasteiger partial charge in [0.15, 0.2) is 16.7 Å². The van der Waals surface area contributed by atoms with E-state index in [1.165, 1.54) is 17.2 Å². The highest BCUT2D eigenvalue weighted by Gasteiger charge is 2.09. The number of hydrogen-bond donors (Lipinski definition) is 2. The summed E-state index contributed by atoms with van der Waals surface area (Å²) >= 11 is 5.21. The van der Waals surface area contributed by atoms with E-state index in [0.717, 1.165) is 17.7 Å². The molecule has 0 amide bonds. The van der Waals surface area contributed by atoms with Crippen LogP contribution in [-0.4, -0.2) is 5.11 Å². The largest absolute Gasteiger partial charge is 0.356 e. The van der Waals surface area contributed by atoms with Crippen molar-refractivity contribution in [2.24, 2.45) is 0 Å². The second-order valence-electron chi connectivity index (χ2n) is 5.29. The number of nitrogens with one attached hydrogen (secondary N) is 2. The maximum atomic E-state index is 13.2. The highest BCUT2D eigenvalue weighted by molar-refractivity contribution is 7.80. The molecule has 22 heavy (non-hydrogen) atoms. The number of hydrogen-bond acceptors (Lipinski definition) is 1. The second-order valence-corrected chi connectivity index (χ2v) is 5.70. The average molecular weight is 320 g/mol. The van der Waals surface area contributed by atoms with Crippen LogP contribution in [-0.2, 0) is 0 Å². The van der Waals surface area contributed by atoms with E-state index in [9.17, 15) is 8.78 Å². The summed E-state index contributed by atoms with van der Waals surface area (Å²) in [7, 11) is 0. The first kappa shape index (κ1) is 16.4. The number of halogens is 2. The van der Waals surface area contributed by atoms with E-state index >= 15 is 0 Å². The Morgan fingerprint density at radius 2 is 1.73 bits per heavy atom. The van der Waals surface area contributed by atoms with Crippen LogP contribution in [0.3, 0.4) is 0 Å². The van der Waals surface area contributed by atoms with Crippen molar-refractivity contribution in [3.05, 3.63) is 64.7 Å². The van der Waals surface area contributed by atoms with Gasteiger partial charge >= 0.3 is 0 Å². The third-order valence-electron chi connectivity index (χ3n) is 3.56. The minimum atomic E-state index is -0.907. The van der Waals surface area contributed by atoms with Crippen molar-refractivity contribution in [2.45, 2.75) is 26.8 Å². The number of thiocarbonyl (C=S) groups is 1. The molecule has 0 aliphatic rings. The fourth-order valence-corrected chi connectivity index (χ4v) is 2.35. The molecule has 0 bridgehead atoms. The van der Waals surface area contributed by atoms with Crippen molar-refractivity contribution in [1.29, 1.82) is 0 Å². The minimum absolute atomic E-state index is 0.00425. The molecule has 0 aliphatic heterocycles. The Labute approximate surface area is 134 Å². The van der Waals surface area contributed by atoms with Crippen LogP contribution in [0.4, 0.5) is 14.5 Å². The molecule has 1 atom stereocenters. The van der Waals surface area contributed by atoms with E-state index in [1.807, 2.05) is 13.0 Å². The zero-order valence-corrected chi connectivity index (χ0v) is 13.5. The van der Waals surface area contributed by atoms with Gasteiger partial charge < -0.3 is 10.6 Å². The number of anilines is 1. The van der Waals surface area contributed by atoms with Crippen molar-refractivity contribution in [2.75, 3.05) is 5.32 Å². The Kier molecular flexibility index (Phi) is 5.08. The summed E-state index contributed by atoms with van der Waals surface area (Å²) < 4.78 is 26.0. The van der Waals surface area contributed by atoms with E-state index in [-0.39, 0.29) is 6.04 Å². The van der Waals surface area contributed by atoms with Crippen LogP contribution in [0.15, 0.2) is 36.4 Å². The van der Waals surface area contributed by atoms with Gasteiger partial charge in [0.1, 0.15) is 0 Å². The fourth-order valence-electron chi connectivity index (χ4n) is 2.05. The molecule has 0 saturated carbocycles. The van der Waals surface area contributed by atoms with Gasteiger partial charge in [0, 0.05) is 11.8 Å². The third-order valence-corrected chi connectivity index (χ3v) is 3.78. The number of benzene rings is 2. The molecule has 2 nitrogen and oxygen atoms in total. The minimum Gasteiger partial charge on any atom is -0.356 e. The highest BCUT2D eigenvalue weighted by atomic mass is 32.1. The molecule has 0 unspecified atom stereocenters. The lowest BCUT2D eigenvalue weighted by molar-refractivity contribution is 0.509. The van der Waals surface area contributed by atoms with E-state index < -0.39 is 11.6 Å². The molecule has 0 spiro atoms. The van der Waals surface area contributed by atoms with Crippen molar-refractivity contribution >= 4 is 23.0 Å². The molecule has 0 fully saturated rings. The summed E-state index contributed by atoms with van der Waals surface area (Å²) in [6.07, 6.45) is 0. The van der Waals surface area contributed by atoms with Gasteiger partial charge in [0.25, 0.3) is 0 Å². The SMILES string of the molecule is Cc1ccc([C@H](C)NC(=S)Nc2ccc(F)c(F)c2)cc1C. The lowest BCUT2D eigenvalue weighted by Gasteiger charge is -2.18. The predicted molar refractivity (Wildman–Crippen MR) is 90.0 cm³/mol. The summed E-state index contributed by atoms with van der Waals surface area (Å²) in [5.74, 6) is -1.79. The van der Waals surface area contributed by atoms with Crippen molar-refractivity contribution in [3.8, 4) is 0 Å². The molecular weight excluding hydrogens is 302 g/mol. The second kappa shape index (κ2) is 6.83. The molecule has 2 aromatic rings. The van der Waals surface area contributed by atoms with E-state index in [0.29, 0.717) is 10.8 Å². The van der Waals surface area contributed by atoms with Gasteiger partial charge in [-0.05, 0) is 61.8 Å². The van der Waals surface area contributed by atoms with Gasteiger partial charge in [-0.25, -0.2) is 8.78 Å². The molecule has 116 valence electrons. The van der Waals surface area contributed by atoms with Crippen molar-refractivity contribution < 1.29 is 8.78 Å². The van der Waals surface area contributed by atoms with Crippen LogP contribution in [0.25, 0.3) is 0 Å². The maximum absolute atomic E-state index is 13.2. The first-order valence-electron chi connectivity index (χ1n) is 6.96. The van der Waals surface area contributed by atoms with Crippen molar-refractivity contribution in [1.82, 2.24) is 5.32 Å². The standard InChI is InChI=1S/C17H18F2N2S/c1-10-4-5-13(8-11(10)2)12(3)20-17(22)21-14-6-7-15(18)16(19)9-14/h4-9,12H,1-3H3,(H2,20,21,22)/t12-/m0/s1. The van der Waals surface area contributed by atoms with Gasteiger partial charge in [0.05, 0.1) is 6.04 Å². The van der Waals surface area contributed by atoms with Gasteiger partial charge in [-0.2, -0.15) is 0 Å². The maximum Gasteiger partial charge on any atom is 0.171 e. The van der Waals surface area contributed by atoms with E-state index in [4.69, 9.17) is 12.2 Å². The first-order valence-corrected chi connectivity index (χ1v) is 7.37. The van der Waals surface area contributed by atoms with Gasteiger partial charge in [0.2, 0.25) is 0 Å². The van der Waals surface area contributed by atoms with Crippen molar-refractivity contribution in [3.63, 3.8) is 0 Å². The van der Waals surface area contributed by atoms with E-state index in [2.05, 4.69) is 36.6 Å². The van der Waals surface area contributed by atoms with Gasteiger partial charge in [-0.1, -0.05) is 18.2 Å². The zero-order chi connectivity index (χ0) is 16.3. The Bertz CT molecular complexity index is 701. The predicted octanol–water partition coefficient (Wildman–Crippen LogP) is 4.63. The summed E-state index contributed by atoms with van der Waals surface area (Å²) in [5, 5.41) is 6.34. The lowest BCUT2D eigenvalue weighted by atomic mass is 10.0. The van der Waals surface area contributed by atoms with Crippen LogP contribution in [0.2, 0.25) is 0 Å². The third kappa shape index (κ3) is 4.01. The zero-order valence-electron chi connectivity index (χ0n) is 12.7. The first-order chi connectivity index (χ1) is 10.4. The number of rotatable bonds is 3. The van der Waals surface area contributed by atoms with Crippen LogP contribution in [0.1, 0.15) is 29.7 Å². The van der Waals surface area contributed by atoms with Crippen LogP contribution in [0.5, 0.6) is 0 Å². The van der Waals surface area contributed by atoms with Crippen LogP contribution < -0.4 is 10.6 Å². The summed E-state index contributed by atoms with van der Waals surface area (Å²) in [6, 6.07) is 9.79. The molecule has 2 rings (SSSR count). The van der Waals surface area contributed by atoms with Gasteiger partial charge in [-0.3, -0.25) is 0 Å². The Hall–Kier alpha value is -2.01. The molecule has 2 aromatic carbocycles. The van der Waals surface area contributed by atoms with Crippen LogP contribution in [0, 0.1) is 25.5 Å². The highest BCUT2D eigenvalue weighted by Crippen LogP contribution is 2.17. The molecular formula is C17H18F2N2S. The lowest BCUT2D eigenvalue weighted by Crippen LogP contribution is -2.31. The molecule has 0 heterocycles. The quantitative estimate of drug-likeness (QED) is 0.806. The average Bonchev–Trinajstić information content (AvgIpc) is 2.45. The molecule has 5 heteroatoms. The normalized spacial score (nSPS) is 11.9. The monoisotopic (exact) mass is 320 g/mol. The molecule has 2 N–H and O–H groups in total. The smallest absolute Gasteiger partial charge is 0.171 e. The molecule has 0 radical (unpaired) electrons. The van der Waals surface area contributed by atoms with Crippen LogP contribution >= 0.6 is 12.2 Å². The Morgan fingerprint density at radius 3 is 2.36 bits per heavy atom. The molecule has 0 aromatic heterocycles. The fraction of sp³-hybridized carbons (Fsp3) is 0.235. The molecule has 0 aliphatic carbocycles. The molecule has 0 saturated heterocycles. The Morgan fingerprint density at radius 1 is 1.00 bits per heavy atom. The summed E-state index contributed by atoms with van der Waals surface area (Å²) in [4.78, 5) is 0. The van der Waals surface area contributed by atoms with E-state index in [1.54, 1.807) is 0 Å². The summed E-state index contributed by atoms with van der Waals surface area (Å²) in [6.45, 7) is 6.11. The van der Waals surface area contributed by atoms with Gasteiger partial charge in [-0.15, -0.1) is 0 Å². The Balaban J connectivity index is 2.01. The summed E-state index contributed by atoms with van der Waals surface area (Å²) in [5.41, 5.74) is 3.96. The topological polar surface area (TPSA) is 24.1 Å².